The van der Waals surface area contributed by atoms with E-state index in [1.54, 1.807) is 0 Å². The van der Waals surface area contributed by atoms with Crippen molar-refractivity contribution in [2.75, 3.05) is 11.9 Å². The lowest BCUT2D eigenvalue weighted by Crippen LogP contribution is -2.29. The second-order valence-electron chi connectivity index (χ2n) is 5.16. The average molecular weight is 287 g/mol. The molecule has 2 unspecified atom stereocenters. The minimum atomic E-state index is 0.386. The summed E-state index contributed by atoms with van der Waals surface area (Å²) in [6.45, 7) is 5.29. The van der Waals surface area contributed by atoms with Crippen LogP contribution in [-0.4, -0.2) is 18.6 Å². The first-order chi connectivity index (χ1) is 8.56. The normalized spacial score (nSPS) is 21.0. The lowest BCUT2D eigenvalue weighted by atomic mass is 10.1. The zero-order valence-corrected chi connectivity index (χ0v) is 12.4. The second-order valence-corrected chi connectivity index (χ2v) is 5.97. The molecule has 100 valence electrons. The molecule has 1 heterocycles. The van der Waals surface area contributed by atoms with E-state index in [2.05, 4.69) is 17.6 Å². The van der Waals surface area contributed by atoms with E-state index in [1.807, 2.05) is 19.1 Å². The van der Waals surface area contributed by atoms with Crippen LogP contribution in [0, 0.1) is 6.92 Å². The molecule has 0 aliphatic carbocycles. The molecule has 2 rings (SSSR count). The number of nitrogens with one attached hydrogen (secondary N) is 2. The molecular weight excluding hydrogens is 267 g/mol. The van der Waals surface area contributed by atoms with Crippen LogP contribution < -0.4 is 10.6 Å². The number of rotatable bonds is 4. The standard InChI is InChI=1S/C14H20Cl2N2/c1-9-6-13(16)14(8-12(9)15)18-10(2)7-11-4-3-5-17-11/h6,8,10-11,17-18H,3-5,7H2,1-2H3. The molecule has 0 aromatic heterocycles. The van der Waals surface area contributed by atoms with Crippen LogP contribution in [0.2, 0.25) is 10.0 Å². The molecule has 1 aromatic carbocycles. The monoisotopic (exact) mass is 286 g/mol. The zero-order valence-electron chi connectivity index (χ0n) is 10.9. The van der Waals surface area contributed by atoms with E-state index in [1.165, 1.54) is 12.8 Å². The van der Waals surface area contributed by atoms with Crippen LogP contribution >= 0.6 is 23.2 Å². The quantitative estimate of drug-likeness (QED) is 0.865. The highest BCUT2D eigenvalue weighted by atomic mass is 35.5. The molecule has 0 radical (unpaired) electrons. The van der Waals surface area contributed by atoms with Crippen LogP contribution in [0.25, 0.3) is 0 Å². The summed E-state index contributed by atoms with van der Waals surface area (Å²) in [7, 11) is 0. The third-order valence-electron chi connectivity index (χ3n) is 3.45. The first-order valence-corrected chi connectivity index (χ1v) is 7.27. The summed E-state index contributed by atoms with van der Waals surface area (Å²) in [6.07, 6.45) is 3.67. The Morgan fingerprint density at radius 2 is 2.17 bits per heavy atom. The Hall–Kier alpha value is -0.440. The van der Waals surface area contributed by atoms with Gasteiger partial charge in [0, 0.05) is 17.1 Å². The summed E-state index contributed by atoms with van der Waals surface area (Å²) in [5.41, 5.74) is 1.94. The number of anilines is 1. The Labute approximate surface area is 119 Å². The molecule has 18 heavy (non-hydrogen) atoms. The van der Waals surface area contributed by atoms with Gasteiger partial charge in [0.05, 0.1) is 10.7 Å². The fourth-order valence-corrected chi connectivity index (χ4v) is 2.90. The molecule has 2 atom stereocenters. The van der Waals surface area contributed by atoms with Crippen LogP contribution in [0.4, 0.5) is 5.69 Å². The molecule has 0 amide bonds. The van der Waals surface area contributed by atoms with Gasteiger partial charge in [-0.05, 0) is 57.4 Å². The van der Waals surface area contributed by atoms with Gasteiger partial charge < -0.3 is 10.6 Å². The third-order valence-corrected chi connectivity index (χ3v) is 4.17. The van der Waals surface area contributed by atoms with Crippen molar-refractivity contribution < 1.29 is 0 Å². The number of hydrogen-bond acceptors (Lipinski definition) is 2. The van der Waals surface area contributed by atoms with Crippen LogP contribution in [0.5, 0.6) is 0 Å². The van der Waals surface area contributed by atoms with E-state index in [-0.39, 0.29) is 0 Å². The molecule has 0 saturated carbocycles. The van der Waals surface area contributed by atoms with Gasteiger partial charge in [0.15, 0.2) is 0 Å². The third kappa shape index (κ3) is 3.53. The maximum absolute atomic E-state index is 6.23. The minimum Gasteiger partial charge on any atom is -0.381 e. The van der Waals surface area contributed by atoms with E-state index in [0.717, 1.165) is 34.3 Å². The minimum absolute atomic E-state index is 0.386. The van der Waals surface area contributed by atoms with Gasteiger partial charge in [-0.2, -0.15) is 0 Å². The fraction of sp³-hybridized carbons (Fsp3) is 0.571. The van der Waals surface area contributed by atoms with E-state index >= 15 is 0 Å². The zero-order chi connectivity index (χ0) is 13.1. The maximum atomic E-state index is 6.23. The smallest absolute Gasteiger partial charge is 0.0641 e. The first-order valence-electron chi connectivity index (χ1n) is 6.52. The van der Waals surface area contributed by atoms with Crippen molar-refractivity contribution in [3.8, 4) is 0 Å². The highest BCUT2D eigenvalue weighted by molar-refractivity contribution is 6.35. The van der Waals surface area contributed by atoms with E-state index in [4.69, 9.17) is 23.2 Å². The molecule has 1 aromatic rings. The maximum Gasteiger partial charge on any atom is 0.0641 e. The number of halogens is 2. The predicted octanol–water partition coefficient (Wildman–Crippen LogP) is 4.24. The number of aryl methyl sites for hydroxylation is 1. The van der Waals surface area contributed by atoms with Gasteiger partial charge in [-0.3, -0.25) is 0 Å². The van der Waals surface area contributed by atoms with E-state index in [9.17, 15) is 0 Å². The van der Waals surface area contributed by atoms with E-state index < -0.39 is 0 Å². The van der Waals surface area contributed by atoms with Crippen molar-refractivity contribution in [1.82, 2.24) is 5.32 Å². The molecule has 2 nitrogen and oxygen atoms in total. The van der Waals surface area contributed by atoms with Gasteiger partial charge in [-0.15, -0.1) is 0 Å². The summed E-state index contributed by atoms with van der Waals surface area (Å²) in [5.74, 6) is 0. The number of hydrogen-bond donors (Lipinski definition) is 2. The Kier molecular flexibility index (Phi) is 4.77. The second kappa shape index (κ2) is 6.14. The molecule has 1 aliphatic rings. The predicted molar refractivity (Wildman–Crippen MR) is 79.9 cm³/mol. The summed E-state index contributed by atoms with van der Waals surface area (Å²) in [5, 5.41) is 8.45. The lowest BCUT2D eigenvalue weighted by Gasteiger charge is -2.20. The molecule has 1 aliphatic heterocycles. The van der Waals surface area contributed by atoms with Crippen LogP contribution in [0.1, 0.15) is 31.7 Å². The highest BCUT2D eigenvalue weighted by Crippen LogP contribution is 2.29. The largest absolute Gasteiger partial charge is 0.381 e. The van der Waals surface area contributed by atoms with Gasteiger partial charge in [0.2, 0.25) is 0 Å². The summed E-state index contributed by atoms with van der Waals surface area (Å²) < 4.78 is 0. The van der Waals surface area contributed by atoms with Crippen molar-refractivity contribution in [2.45, 2.75) is 45.2 Å². The molecular formula is C14H20Cl2N2. The van der Waals surface area contributed by atoms with Crippen LogP contribution in [0.3, 0.4) is 0 Å². The lowest BCUT2D eigenvalue weighted by molar-refractivity contribution is 0.523. The fourth-order valence-electron chi connectivity index (χ4n) is 2.47. The number of benzene rings is 1. The van der Waals surface area contributed by atoms with Crippen molar-refractivity contribution in [3.63, 3.8) is 0 Å². The molecule has 0 bridgehead atoms. The molecule has 1 fully saturated rings. The highest BCUT2D eigenvalue weighted by Gasteiger charge is 2.17. The SMILES string of the molecule is Cc1cc(Cl)c(NC(C)CC2CCCN2)cc1Cl. The van der Waals surface area contributed by atoms with Gasteiger partial charge in [0.1, 0.15) is 0 Å². The molecule has 4 heteroatoms. The van der Waals surface area contributed by atoms with Crippen molar-refractivity contribution in [2.24, 2.45) is 0 Å². The Morgan fingerprint density at radius 1 is 1.39 bits per heavy atom. The van der Waals surface area contributed by atoms with Gasteiger partial charge in [-0.1, -0.05) is 23.2 Å². The Balaban J connectivity index is 1.97. The first kappa shape index (κ1) is 14.0. The van der Waals surface area contributed by atoms with E-state index in [0.29, 0.717) is 12.1 Å². The van der Waals surface area contributed by atoms with Crippen LogP contribution in [0.15, 0.2) is 12.1 Å². The summed E-state index contributed by atoms with van der Waals surface area (Å²) in [4.78, 5) is 0. The van der Waals surface area contributed by atoms with Gasteiger partial charge >= 0.3 is 0 Å². The summed E-state index contributed by atoms with van der Waals surface area (Å²) in [6, 6.07) is 4.84. The van der Waals surface area contributed by atoms with Crippen molar-refractivity contribution >= 4 is 28.9 Å². The van der Waals surface area contributed by atoms with Crippen molar-refractivity contribution in [3.05, 3.63) is 27.7 Å². The average Bonchev–Trinajstić information content (AvgIpc) is 2.78. The molecule has 0 spiro atoms. The summed E-state index contributed by atoms with van der Waals surface area (Å²) >= 11 is 12.4. The molecule has 1 saturated heterocycles. The Morgan fingerprint density at radius 3 is 2.83 bits per heavy atom. The molecule has 2 N–H and O–H groups in total. The van der Waals surface area contributed by atoms with Crippen molar-refractivity contribution in [1.29, 1.82) is 0 Å². The topological polar surface area (TPSA) is 24.1 Å². The van der Waals surface area contributed by atoms with Gasteiger partial charge in [-0.25, -0.2) is 0 Å². The van der Waals surface area contributed by atoms with Gasteiger partial charge in [0.25, 0.3) is 0 Å². The Bertz CT molecular complexity index is 415. The van der Waals surface area contributed by atoms with Crippen LogP contribution in [-0.2, 0) is 0 Å².